The van der Waals surface area contributed by atoms with Gasteiger partial charge in [0.2, 0.25) is 5.91 Å². The molecule has 4 N–H and O–H groups in total. The van der Waals surface area contributed by atoms with E-state index in [-0.39, 0.29) is 17.2 Å². The molecule has 5 heteroatoms. The van der Waals surface area contributed by atoms with Crippen molar-refractivity contribution in [2.45, 2.75) is 57.2 Å². The van der Waals surface area contributed by atoms with Gasteiger partial charge >= 0.3 is 0 Å². The maximum Gasteiger partial charge on any atom is 0.224 e. The van der Waals surface area contributed by atoms with E-state index in [1.54, 1.807) is 24.3 Å². The summed E-state index contributed by atoms with van der Waals surface area (Å²) in [5.74, 6) is 0.281. The lowest BCUT2D eigenvalue weighted by Gasteiger charge is -2.28. The Bertz CT molecular complexity index is 798. The third-order valence-electron chi connectivity index (χ3n) is 5.00. The predicted octanol–water partition coefficient (Wildman–Crippen LogP) is 2.86. The number of aliphatic hydroxyl groups excluding tert-OH is 1. The number of hydrogen-bond acceptors (Lipinski definition) is 4. The molecule has 1 aliphatic carbocycles. The van der Waals surface area contributed by atoms with Gasteiger partial charge in [-0.1, -0.05) is 36.4 Å². The Labute approximate surface area is 166 Å². The average molecular weight is 383 g/mol. The molecule has 2 aromatic rings. The minimum atomic E-state index is -0.641. The Kier molecular flexibility index (Phi) is 6.37. The Morgan fingerprint density at radius 1 is 1.14 bits per heavy atom. The van der Waals surface area contributed by atoms with Gasteiger partial charge in [-0.05, 0) is 61.9 Å². The molecule has 3 rings (SSSR count). The lowest BCUT2D eigenvalue weighted by molar-refractivity contribution is -0.120. The number of carbonyl (C=O) groups excluding carboxylic acids is 1. The highest BCUT2D eigenvalue weighted by Crippen LogP contribution is 2.20. The van der Waals surface area contributed by atoms with Crippen molar-refractivity contribution in [3.05, 3.63) is 65.2 Å². The Hall–Kier alpha value is -2.37. The molecule has 1 unspecified atom stereocenters. The first-order chi connectivity index (χ1) is 13.3. The zero-order valence-corrected chi connectivity index (χ0v) is 16.6. The van der Waals surface area contributed by atoms with Gasteiger partial charge in [-0.2, -0.15) is 0 Å². The summed E-state index contributed by atoms with van der Waals surface area (Å²) in [6, 6.07) is 15.1. The number of phenolic OH excluding ortho intramolecular Hbond substituents is 1. The highest BCUT2D eigenvalue weighted by Gasteiger charge is 2.23. The Morgan fingerprint density at radius 3 is 2.50 bits per heavy atom. The fourth-order valence-corrected chi connectivity index (χ4v) is 3.30. The van der Waals surface area contributed by atoms with Crippen molar-refractivity contribution in [2.75, 3.05) is 6.54 Å². The molecule has 0 spiro atoms. The highest BCUT2D eigenvalue weighted by atomic mass is 16.3. The summed E-state index contributed by atoms with van der Waals surface area (Å²) in [5, 5.41) is 26.2. The number of rotatable bonds is 9. The van der Waals surface area contributed by atoms with Crippen molar-refractivity contribution < 1.29 is 15.0 Å². The van der Waals surface area contributed by atoms with E-state index in [4.69, 9.17) is 0 Å². The van der Waals surface area contributed by atoms with E-state index in [0.717, 1.165) is 36.0 Å². The number of benzene rings is 2. The SMILES string of the molecule is CC(C)(Cc1cccc(CC(=O)NC2CC2)c1)NCC(O)c1ccc(O)cc1. The van der Waals surface area contributed by atoms with Gasteiger partial charge in [0.25, 0.3) is 0 Å². The molecular weight excluding hydrogens is 352 g/mol. The second kappa shape index (κ2) is 8.76. The van der Waals surface area contributed by atoms with E-state index in [2.05, 4.69) is 36.6 Å². The quantitative estimate of drug-likeness (QED) is 0.538. The van der Waals surface area contributed by atoms with E-state index in [9.17, 15) is 15.0 Å². The van der Waals surface area contributed by atoms with E-state index >= 15 is 0 Å². The number of phenols is 1. The zero-order chi connectivity index (χ0) is 20.1. The van der Waals surface area contributed by atoms with Gasteiger partial charge in [-0.3, -0.25) is 4.79 Å². The van der Waals surface area contributed by atoms with Crippen molar-refractivity contribution in [3.8, 4) is 5.75 Å². The van der Waals surface area contributed by atoms with Crippen LogP contribution in [-0.2, 0) is 17.6 Å². The molecule has 150 valence electrons. The number of β-amino-alcohol motifs (C(OH)–C–C–N with tert-alkyl or cyclic N) is 1. The molecule has 0 heterocycles. The molecule has 2 aromatic carbocycles. The van der Waals surface area contributed by atoms with Crippen LogP contribution in [0.5, 0.6) is 5.75 Å². The predicted molar refractivity (Wildman–Crippen MR) is 110 cm³/mol. The molecule has 1 amide bonds. The lowest BCUT2D eigenvalue weighted by atomic mass is 9.93. The number of carbonyl (C=O) groups is 1. The number of hydrogen-bond donors (Lipinski definition) is 4. The second-order valence-electron chi connectivity index (χ2n) is 8.39. The minimum absolute atomic E-state index is 0.0917. The molecule has 28 heavy (non-hydrogen) atoms. The lowest BCUT2D eigenvalue weighted by Crippen LogP contribution is -2.43. The summed E-state index contributed by atoms with van der Waals surface area (Å²) in [7, 11) is 0. The van der Waals surface area contributed by atoms with Gasteiger partial charge in [0.1, 0.15) is 5.75 Å². The zero-order valence-electron chi connectivity index (χ0n) is 16.6. The van der Waals surface area contributed by atoms with E-state index in [0.29, 0.717) is 19.0 Å². The molecule has 1 saturated carbocycles. The third kappa shape index (κ3) is 6.36. The van der Waals surface area contributed by atoms with Crippen LogP contribution < -0.4 is 10.6 Å². The first-order valence-corrected chi connectivity index (χ1v) is 9.90. The van der Waals surface area contributed by atoms with Gasteiger partial charge < -0.3 is 20.8 Å². The normalized spacial score (nSPS) is 15.2. The molecule has 1 atom stereocenters. The van der Waals surface area contributed by atoms with Crippen LogP contribution in [0.2, 0.25) is 0 Å². The third-order valence-corrected chi connectivity index (χ3v) is 5.00. The average Bonchev–Trinajstić information content (AvgIpc) is 3.44. The van der Waals surface area contributed by atoms with Crippen LogP contribution in [-0.4, -0.2) is 34.2 Å². The van der Waals surface area contributed by atoms with Crippen molar-refractivity contribution in [2.24, 2.45) is 0 Å². The summed E-state index contributed by atoms with van der Waals surface area (Å²) in [6.45, 7) is 4.62. The van der Waals surface area contributed by atoms with Crippen molar-refractivity contribution in [3.63, 3.8) is 0 Å². The van der Waals surface area contributed by atoms with Crippen LogP contribution in [0.1, 0.15) is 49.5 Å². The van der Waals surface area contributed by atoms with Crippen LogP contribution in [0.25, 0.3) is 0 Å². The van der Waals surface area contributed by atoms with E-state index in [1.807, 2.05) is 12.1 Å². The summed E-state index contributed by atoms with van der Waals surface area (Å²) in [4.78, 5) is 12.0. The highest BCUT2D eigenvalue weighted by molar-refractivity contribution is 5.79. The van der Waals surface area contributed by atoms with E-state index in [1.165, 1.54) is 0 Å². The topological polar surface area (TPSA) is 81.6 Å². The van der Waals surface area contributed by atoms with Crippen LogP contribution in [0.15, 0.2) is 48.5 Å². The fraction of sp³-hybridized carbons (Fsp3) is 0.435. The van der Waals surface area contributed by atoms with Gasteiger partial charge in [0.15, 0.2) is 0 Å². The Balaban J connectivity index is 1.53. The minimum Gasteiger partial charge on any atom is -0.508 e. The first-order valence-electron chi connectivity index (χ1n) is 9.90. The largest absolute Gasteiger partial charge is 0.508 e. The maximum atomic E-state index is 12.0. The summed E-state index contributed by atoms with van der Waals surface area (Å²) in [6.07, 6.45) is 2.76. The van der Waals surface area contributed by atoms with Gasteiger partial charge in [0, 0.05) is 18.1 Å². The summed E-state index contributed by atoms with van der Waals surface area (Å²) in [5.41, 5.74) is 2.74. The first kappa shape index (κ1) is 20.4. The number of amides is 1. The van der Waals surface area contributed by atoms with Crippen LogP contribution in [0, 0.1) is 0 Å². The number of nitrogens with one attached hydrogen (secondary N) is 2. The maximum absolute atomic E-state index is 12.0. The molecule has 0 aliphatic heterocycles. The Morgan fingerprint density at radius 2 is 1.82 bits per heavy atom. The molecule has 0 aromatic heterocycles. The molecule has 5 nitrogen and oxygen atoms in total. The van der Waals surface area contributed by atoms with Crippen molar-refractivity contribution in [1.29, 1.82) is 0 Å². The molecule has 1 fully saturated rings. The summed E-state index contributed by atoms with van der Waals surface area (Å²) < 4.78 is 0. The molecule has 0 saturated heterocycles. The smallest absolute Gasteiger partial charge is 0.224 e. The van der Waals surface area contributed by atoms with E-state index < -0.39 is 6.10 Å². The number of aliphatic hydroxyl groups is 1. The van der Waals surface area contributed by atoms with Crippen molar-refractivity contribution >= 4 is 5.91 Å². The van der Waals surface area contributed by atoms with Gasteiger partial charge in [-0.25, -0.2) is 0 Å². The fourth-order valence-electron chi connectivity index (χ4n) is 3.30. The van der Waals surface area contributed by atoms with Crippen molar-refractivity contribution in [1.82, 2.24) is 10.6 Å². The molecule has 1 aliphatic rings. The van der Waals surface area contributed by atoms with Crippen LogP contribution >= 0.6 is 0 Å². The second-order valence-corrected chi connectivity index (χ2v) is 8.39. The van der Waals surface area contributed by atoms with Gasteiger partial charge in [0.05, 0.1) is 12.5 Å². The van der Waals surface area contributed by atoms with Crippen LogP contribution in [0.3, 0.4) is 0 Å². The molecule has 0 radical (unpaired) electrons. The molecular formula is C23H30N2O3. The molecule has 0 bridgehead atoms. The summed E-state index contributed by atoms with van der Waals surface area (Å²) >= 11 is 0. The number of aromatic hydroxyl groups is 1. The van der Waals surface area contributed by atoms with Crippen LogP contribution in [0.4, 0.5) is 0 Å². The standard InChI is InChI=1S/C23H30N2O3/c1-23(2,24-15-21(27)18-6-10-20(26)11-7-18)14-17-5-3-4-16(12-17)13-22(28)25-19-8-9-19/h3-7,10-12,19,21,24,26-27H,8-9,13-15H2,1-2H3,(H,25,28). The van der Waals surface area contributed by atoms with Gasteiger partial charge in [-0.15, -0.1) is 0 Å². The monoisotopic (exact) mass is 382 g/mol.